The van der Waals surface area contributed by atoms with Crippen LogP contribution in [0.2, 0.25) is 0 Å². The SMILES string of the molecule is CNC(C1CC(C)CC(C)C1)C1CN(C)CCO1. The molecule has 2 aliphatic rings. The van der Waals surface area contributed by atoms with Gasteiger partial charge in [0.15, 0.2) is 0 Å². The third kappa shape index (κ3) is 3.46. The smallest absolute Gasteiger partial charge is 0.0857 e. The van der Waals surface area contributed by atoms with E-state index in [9.17, 15) is 0 Å². The third-order valence-electron chi connectivity index (χ3n) is 4.75. The van der Waals surface area contributed by atoms with Gasteiger partial charge in [0.2, 0.25) is 0 Å². The highest BCUT2D eigenvalue weighted by Gasteiger charge is 2.35. The second kappa shape index (κ2) is 6.36. The lowest BCUT2D eigenvalue weighted by Crippen LogP contribution is -2.54. The minimum atomic E-state index is 0.372. The number of nitrogens with one attached hydrogen (secondary N) is 1. The molecular formula is C15H30N2O. The van der Waals surface area contributed by atoms with E-state index in [1.54, 1.807) is 0 Å². The fraction of sp³-hybridized carbons (Fsp3) is 1.00. The van der Waals surface area contributed by atoms with Gasteiger partial charge in [-0.25, -0.2) is 0 Å². The van der Waals surface area contributed by atoms with E-state index in [2.05, 4.69) is 38.2 Å². The number of morpholine rings is 1. The minimum absolute atomic E-state index is 0.372. The zero-order valence-corrected chi connectivity index (χ0v) is 12.5. The van der Waals surface area contributed by atoms with E-state index in [1.165, 1.54) is 19.3 Å². The lowest BCUT2D eigenvalue weighted by Gasteiger charge is -2.42. The molecule has 2 fully saturated rings. The van der Waals surface area contributed by atoms with Crippen LogP contribution in [-0.4, -0.2) is 50.8 Å². The number of nitrogens with zero attached hydrogens (tertiary/aromatic N) is 1. The average molecular weight is 254 g/mol. The second-order valence-corrected chi connectivity index (χ2v) is 6.66. The second-order valence-electron chi connectivity index (χ2n) is 6.66. The molecule has 0 aromatic heterocycles. The number of hydrogen-bond acceptors (Lipinski definition) is 3. The number of hydrogen-bond donors (Lipinski definition) is 1. The van der Waals surface area contributed by atoms with Crippen molar-refractivity contribution in [2.45, 2.75) is 45.3 Å². The molecule has 1 heterocycles. The number of likely N-dealkylation sites (N-methyl/N-ethyl adjacent to an activating group) is 2. The summed E-state index contributed by atoms with van der Waals surface area (Å²) in [6.45, 7) is 7.85. The van der Waals surface area contributed by atoms with E-state index in [-0.39, 0.29) is 0 Å². The van der Waals surface area contributed by atoms with Crippen LogP contribution in [0.4, 0.5) is 0 Å². The fourth-order valence-corrected chi connectivity index (χ4v) is 4.06. The van der Waals surface area contributed by atoms with Crippen LogP contribution in [0.15, 0.2) is 0 Å². The largest absolute Gasteiger partial charge is 0.374 e. The molecule has 0 bridgehead atoms. The van der Waals surface area contributed by atoms with Gasteiger partial charge < -0.3 is 15.0 Å². The Kier molecular flexibility index (Phi) is 5.05. The van der Waals surface area contributed by atoms with Crippen LogP contribution in [0.3, 0.4) is 0 Å². The quantitative estimate of drug-likeness (QED) is 0.833. The summed E-state index contributed by atoms with van der Waals surface area (Å²) in [6, 6.07) is 0.526. The molecule has 4 unspecified atom stereocenters. The van der Waals surface area contributed by atoms with Crippen molar-refractivity contribution in [2.75, 3.05) is 33.8 Å². The molecule has 0 radical (unpaired) electrons. The first-order valence-electron chi connectivity index (χ1n) is 7.57. The predicted octanol–water partition coefficient (Wildman–Crippen LogP) is 1.98. The molecule has 2 rings (SSSR count). The van der Waals surface area contributed by atoms with Crippen molar-refractivity contribution in [1.29, 1.82) is 0 Å². The van der Waals surface area contributed by atoms with Crippen LogP contribution >= 0.6 is 0 Å². The van der Waals surface area contributed by atoms with Gasteiger partial charge >= 0.3 is 0 Å². The molecule has 4 atom stereocenters. The molecule has 0 aromatic rings. The normalized spacial score (nSPS) is 40.7. The van der Waals surface area contributed by atoms with Crippen molar-refractivity contribution >= 4 is 0 Å². The summed E-state index contributed by atoms with van der Waals surface area (Å²) in [4.78, 5) is 2.40. The van der Waals surface area contributed by atoms with E-state index < -0.39 is 0 Å². The molecule has 1 saturated heterocycles. The highest BCUT2D eigenvalue weighted by atomic mass is 16.5. The molecule has 1 aliphatic heterocycles. The van der Waals surface area contributed by atoms with Crippen molar-refractivity contribution < 1.29 is 4.74 Å². The van der Waals surface area contributed by atoms with E-state index in [0.29, 0.717) is 12.1 Å². The Balaban J connectivity index is 1.98. The molecule has 0 amide bonds. The fourth-order valence-electron chi connectivity index (χ4n) is 4.06. The molecule has 0 spiro atoms. The van der Waals surface area contributed by atoms with Crippen molar-refractivity contribution in [2.24, 2.45) is 17.8 Å². The van der Waals surface area contributed by atoms with Crippen molar-refractivity contribution in [3.8, 4) is 0 Å². The van der Waals surface area contributed by atoms with Crippen LogP contribution in [-0.2, 0) is 4.74 Å². The van der Waals surface area contributed by atoms with E-state index in [4.69, 9.17) is 4.74 Å². The zero-order valence-electron chi connectivity index (χ0n) is 12.5. The first-order chi connectivity index (χ1) is 8.60. The van der Waals surface area contributed by atoms with Crippen LogP contribution in [0.1, 0.15) is 33.1 Å². The van der Waals surface area contributed by atoms with Crippen molar-refractivity contribution in [3.05, 3.63) is 0 Å². The molecule has 3 heteroatoms. The Morgan fingerprint density at radius 1 is 1.17 bits per heavy atom. The van der Waals surface area contributed by atoms with Gasteiger partial charge in [-0.3, -0.25) is 0 Å². The third-order valence-corrected chi connectivity index (χ3v) is 4.75. The lowest BCUT2D eigenvalue weighted by molar-refractivity contribution is -0.0545. The van der Waals surface area contributed by atoms with Crippen LogP contribution in [0, 0.1) is 17.8 Å². The van der Waals surface area contributed by atoms with Gasteiger partial charge in [-0.2, -0.15) is 0 Å². The summed E-state index contributed by atoms with van der Waals surface area (Å²) >= 11 is 0. The molecule has 1 aliphatic carbocycles. The summed E-state index contributed by atoms with van der Waals surface area (Å²) in [6.07, 6.45) is 4.49. The summed E-state index contributed by atoms with van der Waals surface area (Å²) < 4.78 is 6.02. The van der Waals surface area contributed by atoms with Crippen LogP contribution in [0.5, 0.6) is 0 Å². The van der Waals surface area contributed by atoms with Gasteiger partial charge in [-0.15, -0.1) is 0 Å². The summed E-state index contributed by atoms with van der Waals surface area (Å²) in [5.41, 5.74) is 0. The highest BCUT2D eigenvalue weighted by Crippen LogP contribution is 2.36. The number of ether oxygens (including phenoxy) is 1. The number of rotatable bonds is 3. The summed E-state index contributed by atoms with van der Waals surface area (Å²) in [5, 5.41) is 3.55. The van der Waals surface area contributed by atoms with Crippen LogP contribution in [0.25, 0.3) is 0 Å². The maximum atomic E-state index is 6.02. The Morgan fingerprint density at radius 3 is 2.39 bits per heavy atom. The summed E-state index contributed by atoms with van der Waals surface area (Å²) in [7, 11) is 4.31. The van der Waals surface area contributed by atoms with Gasteiger partial charge in [0, 0.05) is 19.1 Å². The molecule has 0 aromatic carbocycles. The van der Waals surface area contributed by atoms with Crippen molar-refractivity contribution in [1.82, 2.24) is 10.2 Å². The lowest BCUT2D eigenvalue weighted by atomic mass is 9.72. The molecular weight excluding hydrogens is 224 g/mol. The molecule has 18 heavy (non-hydrogen) atoms. The topological polar surface area (TPSA) is 24.5 Å². The van der Waals surface area contributed by atoms with Gasteiger partial charge in [-0.1, -0.05) is 13.8 Å². The Morgan fingerprint density at radius 2 is 1.83 bits per heavy atom. The summed E-state index contributed by atoms with van der Waals surface area (Å²) in [5.74, 6) is 2.53. The molecule has 1 N–H and O–H groups in total. The Hall–Kier alpha value is -0.120. The average Bonchev–Trinajstić information content (AvgIpc) is 2.28. The van der Waals surface area contributed by atoms with Crippen molar-refractivity contribution in [3.63, 3.8) is 0 Å². The molecule has 106 valence electrons. The van der Waals surface area contributed by atoms with E-state index in [1.807, 2.05) is 0 Å². The zero-order chi connectivity index (χ0) is 13.1. The van der Waals surface area contributed by atoms with E-state index in [0.717, 1.165) is 37.5 Å². The first kappa shape index (κ1) is 14.3. The standard InChI is InChI=1S/C15H30N2O/c1-11-7-12(2)9-13(8-11)15(16-3)14-10-17(4)5-6-18-14/h11-16H,5-10H2,1-4H3. The first-order valence-corrected chi connectivity index (χ1v) is 7.57. The van der Waals surface area contributed by atoms with Gasteiger partial charge in [-0.05, 0) is 51.1 Å². The van der Waals surface area contributed by atoms with Gasteiger partial charge in [0.05, 0.1) is 12.7 Å². The predicted molar refractivity (Wildman–Crippen MR) is 75.8 cm³/mol. The van der Waals surface area contributed by atoms with Gasteiger partial charge in [0.25, 0.3) is 0 Å². The van der Waals surface area contributed by atoms with Gasteiger partial charge in [0.1, 0.15) is 0 Å². The Labute approximate surface area is 112 Å². The molecule has 1 saturated carbocycles. The van der Waals surface area contributed by atoms with Crippen LogP contribution < -0.4 is 5.32 Å². The maximum absolute atomic E-state index is 6.02. The highest BCUT2D eigenvalue weighted by molar-refractivity contribution is 4.90. The maximum Gasteiger partial charge on any atom is 0.0857 e. The molecule has 3 nitrogen and oxygen atoms in total. The Bertz CT molecular complexity index is 249. The monoisotopic (exact) mass is 254 g/mol. The van der Waals surface area contributed by atoms with E-state index >= 15 is 0 Å². The minimum Gasteiger partial charge on any atom is -0.374 e.